The third kappa shape index (κ3) is 4.45. The molecule has 0 fully saturated rings. The minimum absolute atomic E-state index is 0.832. The predicted molar refractivity (Wildman–Crippen MR) is 44.3 cm³/mol. The van der Waals surface area contributed by atoms with Gasteiger partial charge in [-0.15, -0.1) is 0 Å². The molecule has 0 aliphatic heterocycles. The zero-order chi connectivity index (χ0) is 7.33. The van der Waals surface area contributed by atoms with Gasteiger partial charge in [0.15, 0.2) is 0 Å². The summed E-state index contributed by atoms with van der Waals surface area (Å²) < 4.78 is 0. The molecule has 0 rings (SSSR count). The fraction of sp³-hybridized carbons (Fsp3) is 0.500. The molecular weight excluding hydrogens is 191 g/mol. The molecule has 0 aromatic carbocycles. The molecule has 1 nitrogen and oxygen atoms in total. The summed E-state index contributed by atoms with van der Waals surface area (Å²) in [5, 5.41) is 11.2. The molecule has 0 heterocycles. The maximum atomic E-state index is 8.32. The van der Waals surface area contributed by atoms with Crippen molar-refractivity contribution >= 4 is 22.2 Å². The Morgan fingerprint density at radius 1 is 1.67 bits per heavy atom. The maximum absolute atomic E-state index is 8.32. The number of nitriles is 1. The molecule has 0 aliphatic carbocycles. The van der Waals surface area contributed by atoms with Crippen LogP contribution in [0.3, 0.4) is 0 Å². The summed E-state index contributed by atoms with van der Waals surface area (Å²) in [5.41, 5.74) is 0. The molecule has 0 spiro atoms. The summed E-state index contributed by atoms with van der Waals surface area (Å²) in [7, 11) is 1.41. The van der Waals surface area contributed by atoms with Gasteiger partial charge in [0, 0.05) is 0 Å². The Morgan fingerprint density at radius 3 is 2.56 bits per heavy atom. The summed E-state index contributed by atoms with van der Waals surface area (Å²) in [5.74, 6) is 6.90. The van der Waals surface area contributed by atoms with Crippen LogP contribution in [0.1, 0.15) is 0 Å². The van der Waals surface area contributed by atoms with Crippen molar-refractivity contribution in [3.05, 3.63) is 0 Å². The number of hydrogen-bond acceptors (Lipinski definition) is 2. The van der Waals surface area contributed by atoms with Crippen molar-refractivity contribution in [1.29, 1.82) is 5.26 Å². The quantitative estimate of drug-likeness (QED) is 0.386. The third-order valence-corrected chi connectivity index (χ3v) is 8.51. The van der Waals surface area contributed by atoms with E-state index in [1.165, 1.54) is 10.1 Å². The average molecular weight is 200 g/mol. The van der Waals surface area contributed by atoms with Gasteiger partial charge in [0.05, 0.1) is 0 Å². The van der Waals surface area contributed by atoms with Gasteiger partial charge in [-0.3, -0.25) is 0 Å². The van der Waals surface area contributed by atoms with E-state index in [1.54, 1.807) is 0 Å². The Morgan fingerprint density at radius 2 is 2.22 bits per heavy atom. The summed E-state index contributed by atoms with van der Waals surface area (Å²) in [6.07, 6.45) is 5.12. The van der Waals surface area contributed by atoms with Crippen molar-refractivity contribution in [1.82, 2.24) is 0 Å². The van der Waals surface area contributed by atoms with Gasteiger partial charge < -0.3 is 0 Å². The molecular formula is C6H9GeNS. The molecule has 0 unspecified atom stereocenters. The van der Waals surface area contributed by atoms with E-state index in [2.05, 4.69) is 22.8 Å². The first-order valence-corrected chi connectivity index (χ1v) is 11.7. The number of terminal acetylenes is 1. The second-order valence-electron chi connectivity index (χ2n) is 2.33. The van der Waals surface area contributed by atoms with E-state index in [4.69, 9.17) is 11.7 Å². The van der Waals surface area contributed by atoms with Crippen LogP contribution in [-0.2, 0) is 0 Å². The molecule has 0 aromatic rings. The molecule has 0 amide bonds. The Kier molecular flexibility index (Phi) is 3.85. The summed E-state index contributed by atoms with van der Waals surface area (Å²) in [6.45, 7) is 0. The fourth-order valence-corrected chi connectivity index (χ4v) is 4.20. The summed E-state index contributed by atoms with van der Waals surface area (Å²) >= 11 is -1.84. The second-order valence-corrected chi connectivity index (χ2v) is 17.9. The van der Waals surface area contributed by atoms with Gasteiger partial charge in [-0.25, -0.2) is 0 Å². The van der Waals surface area contributed by atoms with Gasteiger partial charge in [-0.2, -0.15) is 0 Å². The fourth-order valence-electron chi connectivity index (χ4n) is 0.405. The van der Waals surface area contributed by atoms with Gasteiger partial charge in [-0.1, -0.05) is 0 Å². The second kappa shape index (κ2) is 3.87. The zero-order valence-corrected chi connectivity index (χ0v) is 8.55. The summed E-state index contributed by atoms with van der Waals surface area (Å²) in [4.78, 5) is 0. The molecule has 0 aromatic heterocycles. The van der Waals surface area contributed by atoms with Gasteiger partial charge in [0.25, 0.3) is 0 Å². The minimum atomic E-state index is -1.84. The molecule has 0 bridgehead atoms. The number of hydrogen-bond donors (Lipinski definition) is 0. The molecule has 3 heteroatoms. The van der Waals surface area contributed by atoms with Crippen molar-refractivity contribution in [2.24, 2.45) is 0 Å². The average Bonchev–Trinajstić information content (AvgIpc) is 1.64. The van der Waals surface area contributed by atoms with E-state index in [1.807, 2.05) is 0 Å². The molecule has 48 valence electrons. The zero-order valence-electron chi connectivity index (χ0n) is 5.64. The van der Waals surface area contributed by atoms with Crippen LogP contribution in [0.25, 0.3) is 0 Å². The Balaban J connectivity index is 3.77. The van der Waals surface area contributed by atoms with Crippen molar-refractivity contribution in [2.45, 2.75) is 16.8 Å². The normalized spacial score (nSPS) is 9.78. The first kappa shape index (κ1) is 8.94. The number of nitrogens with zero attached hydrogens (tertiary/aromatic N) is 1. The van der Waals surface area contributed by atoms with E-state index in [-0.39, 0.29) is 0 Å². The number of thiocyanates is 1. The topological polar surface area (TPSA) is 23.8 Å². The number of rotatable bonds is 2. The Labute approximate surface area is 62.2 Å². The van der Waals surface area contributed by atoms with E-state index in [9.17, 15) is 0 Å². The van der Waals surface area contributed by atoms with Crippen molar-refractivity contribution in [3.63, 3.8) is 0 Å². The molecule has 0 aliphatic rings. The van der Waals surface area contributed by atoms with E-state index >= 15 is 0 Å². The van der Waals surface area contributed by atoms with Crippen LogP contribution in [-0.4, -0.2) is 12.1 Å². The van der Waals surface area contributed by atoms with Gasteiger partial charge in [-0.05, 0) is 0 Å². The SMILES string of the molecule is C#C[CH2][Ge]([CH3])([CH3])[S]C#N. The first-order chi connectivity index (χ1) is 4.12. The van der Waals surface area contributed by atoms with Gasteiger partial charge in [0.1, 0.15) is 0 Å². The van der Waals surface area contributed by atoms with E-state index in [0.29, 0.717) is 0 Å². The van der Waals surface area contributed by atoms with E-state index in [0.717, 1.165) is 5.25 Å². The van der Waals surface area contributed by atoms with E-state index < -0.39 is 12.1 Å². The molecule has 0 saturated carbocycles. The molecule has 0 radical (unpaired) electrons. The molecule has 0 N–H and O–H groups in total. The standard InChI is InChI=1S/C6H9GeNS/c1-4-5-7(2,3)9-6-8/h1H,5H2,2-3H3. The van der Waals surface area contributed by atoms with Gasteiger partial charge >= 0.3 is 62.0 Å². The van der Waals surface area contributed by atoms with Crippen molar-refractivity contribution in [3.8, 4) is 17.7 Å². The summed E-state index contributed by atoms with van der Waals surface area (Å²) in [6, 6.07) is 0. The van der Waals surface area contributed by atoms with Crippen LogP contribution < -0.4 is 0 Å². The van der Waals surface area contributed by atoms with Crippen LogP contribution in [0.5, 0.6) is 0 Å². The monoisotopic (exact) mass is 201 g/mol. The predicted octanol–water partition coefficient (Wildman–Crippen LogP) is 2.04. The van der Waals surface area contributed by atoms with Crippen LogP contribution in [0.15, 0.2) is 0 Å². The molecule has 0 atom stereocenters. The van der Waals surface area contributed by atoms with Crippen LogP contribution in [0.4, 0.5) is 0 Å². The Bertz CT molecular complexity index is 145. The third-order valence-electron chi connectivity index (χ3n) is 0.850. The first-order valence-electron chi connectivity index (χ1n) is 2.63. The molecule has 9 heavy (non-hydrogen) atoms. The Hall–Kier alpha value is -0.0571. The van der Waals surface area contributed by atoms with Crippen molar-refractivity contribution in [2.75, 3.05) is 0 Å². The van der Waals surface area contributed by atoms with Crippen LogP contribution >= 0.6 is 10.1 Å². The molecule has 0 saturated heterocycles. The van der Waals surface area contributed by atoms with Crippen molar-refractivity contribution < 1.29 is 0 Å². The van der Waals surface area contributed by atoms with Crippen LogP contribution in [0.2, 0.25) is 16.8 Å². The van der Waals surface area contributed by atoms with Gasteiger partial charge in [0.2, 0.25) is 0 Å². The van der Waals surface area contributed by atoms with Crippen LogP contribution in [0, 0.1) is 23.0 Å².